The van der Waals surface area contributed by atoms with Gasteiger partial charge in [-0.15, -0.1) is 21.5 Å². The fourth-order valence-electron chi connectivity index (χ4n) is 2.63. The minimum absolute atomic E-state index is 0.0511. The Kier molecular flexibility index (Phi) is 4.62. The number of aromatic nitrogens is 2. The lowest BCUT2D eigenvalue weighted by atomic mass is 10.1. The summed E-state index contributed by atoms with van der Waals surface area (Å²) < 4.78 is 18.0. The van der Waals surface area contributed by atoms with Gasteiger partial charge in [-0.2, -0.15) is 0 Å². The van der Waals surface area contributed by atoms with Gasteiger partial charge in [0.1, 0.15) is 24.2 Å². The minimum atomic E-state index is -0.0511. The lowest BCUT2D eigenvalue weighted by Crippen LogP contribution is -2.33. The number of halogens is 1. The van der Waals surface area contributed by atoms with Crippen LogP contribution in [0.5, 0.6) is 5.75 Å². The molecule has 0 N–H and O–H groups in total. The van der Waals surface area contributed by atoms with E-state index in [1.165, 1.54) is 0 Å². The number of thiophene rings is 1. The number of benzene rings is 1. The second kappa shape index (κ2) is 7.03. The Balaban J connectivity index is 1.65. The van der Waals surface area contributed by atoms with Crippen LogP contribution in [0, 0.1) is 0 Å². The Morgan fingerprint density at radius 3 is 3.00 bits per heavy atom. The van der Waals surface area contributed by atoms with E-state index in [1.807, 2.05) is 35.7 Å². The van der Waals surface area contributed by atoms with Crippen molar-refractivity contribution in [3.05, 3.63) is 40.9 Å². The second-order valence-electron chi connectivity index (χ2n) is 5.38. The van der Waals surface area contributed by atoms with Crippen molar-refractivity contribution in [2.24, 2.45) is 0 Å². The molecule has 1 saturated heterocycles. The van der Waals surface area contributed by atoms with Gasteiger partial charge in [-0.25, -0.2) is 0 Å². The van der Waals surface area contributed by atoms with Crippen LogP contribution in [0.2, 0.25) is 5.15 Å². The molecule has 0 saturated carbocycles. The third-order valence-electron chi connectivity index (χ3n) is 3.79. The molecule has 3 aromatic rings. The average molecular weight is 363 g/mol. The normalized spacial score (nSPS) is 18.0. The quantitative estimate of drug-likeness (QED) is 0.706. The third kappa shape index (κ3) is 3.10. The summed E-state index contributed by atoms with van der Waals surface area (Å²) in [5.74, 6) is 0.748. The van der Waals surface area contributed by atoms with Crippen molar-refractivity contribution in [1.82, 2.24) is 10.2 Å². The molecule has 24 heavy (non-hydrogen) atoms. The second-order valence-corrected chi connectivity index (χ2v) is 6.65. The number of hydrogen-bond donors (Lipinski definition) is 0. The van der Waals surface area contributed by atoms with Crippen LogP contribution in [0.25, 0.3) is 21.3 Å². The molecule has 124 valence electrons. The Bertz CT molecular complexity index is 849. The van der Waals surface area contributed by atoms with Gasteiger partial charge >= 0.3 is 0 Å². The maximum atomic E-state index is 6.13. The largest absolute Gasteiger partial charge is 0.490 e. The monoisotopic (exact) mass is 362 g/mol. The topological polar surface area (TPSA) is 53.5 Å². The zero-order chi connectivity index (χ0) is 16.4. The van der Waals surface area contributed by atoms with Crippen LogP contribution in [0.15, 0.2) is 35.7 Å². The van der Waals surface area contributed by atoms with E-state index in [4.69, 9.17) is 25.8 Å². The highest BCUT2D eigenvalue weighted by atomic mass is 35.5. The average Bonchev–Trinajstić information content (AvgIpc) is 3.12. The van der Waals surface area contributed by atoms with Crippen LogP contribution in [0.1, 0.15) is 0 Å². The molecular formula is C17H15ClN2O3S. The molecule has 0 amide bonds. The van der Waals surface area contributed by atoms with E-state index in [0.717, 1.165) is 27.1 Å². The molecule has 7 heteroatoms. The van der Waals surface area contributed by atoms with Crippen LogP contribution in [-0.4, -0.2) is 42.7 Å². The van der Waals surface area contributed by atoms with E-state index in [-0.39, 0.29) is 6.10 Å². The van der Waals surface area contributed by atoms with E-state index in [9.17, 15) is 0 Å². The highest BCUT2D eigenvalue weighted by Crippen LogP contribution is 2.37. The summed E-state index contributed by atoms with van der Waals surface area (Å²) in [6, 6.07) is 9.75. The van der Waals surface area contributed by atoms with Gasteiger partial charge in [0, 0.05) is 10.9 Å². The molecule has 1 aliphatic rings. The summed E-state index contributed by atoms with van der Waals surface area (Å²) in [7, 11) is 0. The number of rotatable bonds is 4. The molecule has 1 aliphatic heterocycles. The zero-order valence-corrected chi connectivity index (χ0v) is 14.3. The number of hydrogen-bond acceptors (Lipinski definition) is 6. The Morgan fingerprint density at radius 2 is 2.12 bits per heavy atom. The standard InChI is InChI=1S/C17H15ClN2O3S/c18-17-13-5-8-24-16(13)15(19-20-17)12-3-1-2-4-14(12)23-10-11-9-21-6-7-22-11/h1-5,8,11H,6-7,9-10H2/t11-/m0/s1. The lowest BCUT2D eigenvalue weighted by molar-refractivity contribution is -0.101. The molecule has 1 aromatic carbocycles. The van der Waals surface area contributed by atoms with Gasteiger partial charge in [-0.05, 0) is 23.6 Å². The zero-order valence-electron chi connectivity index (χ0n) is 12.8. The van der Waals surface area contributed by atoms with Crippen molar-refractivity contribution < 1.29 is 14.2 Å². The number of nitrogens with zero attached hydrogens (tertiary/aromatic N) is 2. The van der Waals surface area contributed by atoms with Gasteiger partial charge in [0.25, 0.3) is 0 Å². The molecule has 4 rings (SSSR count). The molecule has 5 nitrogen and oxygen atoms in total. The third-order valence-corrected chi connectivity index (χ3v) is 4.99. The van der Waals surface area contributed by atoms with Crippen molar-refractivity contribution in [2.45, 2.75) is 6.10 Å². The fourth-order valence-corrected chi connectivity index (χ4v) is 3.77. The number of fused-ring (bicyclic) bond motifs is 1. The molecule has 2 aromatic heterocycles. The van der Waals surface area contributed by atoms with Gasteiger partial charge in [0.15, 0.2) is 5.15 Å². The van der Waals surface area contributed by atoms with E-state index in [0.29, 0.717) is 31.6 Å². The van der Waals surface area contributed by atoms with Gasteiger partial charge in [-0.1, -0.05) is 23.7 Å². The number of para-hydroxylation sites is 1. The van der Waals surface area contributed by atoms with Gasteiger partial charge in [0.05, 0.1) is 24.5 Å². The van der Waals surface area contributed by atoms with Gasteiger partial charge < -0.3 is 14.2 Å². The van der Waals surface area contributed by atoms with Crippen molar-refractivity contribution in [3.8, 4) is 17.0 Å². The maximum absolute atomic E-state index is 6.13. The van der Waals surface area contributed by atoms with Gasteiger partial charge in [-0.3, -0.25) is 0 Å². The first-order valence-corrected chi connectivity index (χ1v) is 8.89. The lowest BCUT2D eigenvalue weighted by Gasteiger charge is -2.23. The first-order chi connectivity index (χ1) is 11.8. The SMILES string of the molecule is Clc1nnc(-c2ccccc2OC[C@@H]2COCCO2)c2sccc12. The van der Waals surface area contributed by atoms with Gasteiger partial charge in [0.2, 0.25) is 0 Å². The molecule has 0 unspecified atom stereocenters. The van der Waals surface area contributed by atoms with E-state index in [1.54, 1.807) is 11.3 Å². The predicted octanol–water partition coefficient (Wildman–Crippen LogP) is 3.81. The maximum Gasteiger partial charge on any atom is 0.160 e. The molecular weight excluding hydrogens is 348 g/mol. The summed E-state index contributed by atoms with van der Waals surface area (Å²) in [6.45, 7) is 2.24. The fraction of sp³-hybridized carbons (Fsp3) is 0.294. The van der Waals surface area contributed by atoms with Crippen LogP contribution >= 0.6 is 22.9 Å². The summed E-state index contributed by atoms with van der Waals surface area (Å²) >= 11 is 7.72. The first-order valence-electron chi connectivity index (χ1n) is 7.64. The summed E-state index contributed by atoms with van der Waals surface area (Å²) in [5, 5.41) is 11.7. The smallest absolute Gasteiger partial charge is 0.160 e. The van der Waals surface area contributed by atoms with Crippen molar-refractivity contribution in [1.29, 1.82) is 0 Å². The molecule has 1 atom stereocenters. The summed E-state index contributed by atoms with van der Waals surface area (Å²) in [6.07, 6.45) is -0.0511. The van der Waals surface area contributed by atoms with Crippen LogP contribution in [-0.2, 0) is 9.47 Å². The molecule has 0 bridgehead atoms. The molecule has 0 radical (unpaired) electrons. The number of ether oxygens (including phenoxy) is 3. The predicted molar refractivity (Wildman–Crippen MR) is 93.9 cm³/mol. The summed E-state index contributed by atoms with van der Waals surface area (Å²) in [5.41, 5.74) is 1.67. The Morgan fingerprint density at radius 1 is 1.21 bits per heavy atom. The van der Waals surface area contributed by atoms with E-state index in [2.05, 4.69) is 10.2 Å². The first kappa shape index (κ1) is 15.8. The van der Waals surface area contributed by atoms with Crippen LogP contribution in [0.3, 0.4) is 0 Å². The molecule has 3 heterocycles. The highest BCUT2D eigenvalue weighted by Gasteiger charge is 2.18. The Labute approximate surface area is 148 Å². The van der Waals surface area contributed by atoms with E-state index < -0.39 is 0 Å². The molecule has 1 fully saturated rings. The van der Waals surface area contributed by atoms with Crippen LogP contribution < -0.4 is 4.74 Å². The minimum Gasteiger partial charge on any atom is -0.490 e. The van der Waals surface area contributed by atoms with Crippen LogP contribution in [0.4, 0.5) is 0 Å². The van der Waals surface area contributed by atoms with Crippen molar-refractivity contribution >= 4 is 33.0 Å². The van der Waals surface area contributed by atoms with E-state index >= 15 is 0 Å². The van der Waals surface area contributed by atoms with Crippen molar-refractivity contribution in [2.75, 3.05) is 26.4 Å². The van der Waals surface area contributed by atoms with Crippen molar-refractivity contribution in [3.63, 3.8) is 0 Å². The molecule has 0 spiro atoms. The highest BCUT2D eigenvalue weighted by molar-refractivity contribution is 7.17. The summed E-state index contributed by atoms with van der Waals surface area (Å²) in [4.78, 5) is 0. The molecule has 0 aliphatic carbocycles. The Hall–Kier alpha value is -1.73.